The van der Waals surface area contributed by atoms with Crippen LogP contribution in [0.3, 0.4) is 0 Å². The molecule has 0 aromatic heterocycles. The number of unbranched alkanes of at least 4 members (excludes halogenated alkanes) is 2. The average Bonchev–Trinajstić information content (AvgIpc) is 3.17. The Kier molecular flexibility index (Phi) is 11.2. The summed E-state index contributed by atoms with van der Waals surface area (Å²) in [5, 5.41) is 40.9. The maximum atomic E-state index is 10.3. The van der Waals surface area contributed by atoms with Crippen LogP contribution in [0.2, 0.25) is 0 Å². The lowest BCUT2D eigenvalue weighted by Gasteiger charge is -2.50. The Morgan fingerprint density at radius 3 is 2.28 bits per heavy atom. The third kappa shape index (κ3) is 8.77. The van der Waals surface area contributed by atoms with Crippen molar-refractivity contribution in [2.24, 2.45) is 29.1 Å². The summed E-state index contributed by atoms with van der Waals surface area (Å²) < 4.78 is 0. The van der Waals surface area contributed by atoms with Gasteiger partial charge >= 0.3 is 0 Å². The molecule has 0 bridgehead atoms. The van der Waals surface area contributed by atoms with Gasteiger partial charge in [0, 0.05) is 6.42 Å². The van der Waals surface area contributed by atoms with E-state index in [1.165, 1.54) is 44.9 Å². The van der Waals surface area contributed by atoms with Crippen LogP contribution in [0, 0.1) is 29.1 Å². The Balaban J connectivity index is 1.78. The van der Waals surface area contributed by atoms with E-state index in [-0.39, 0.29) is 5.41 Å². The molecule has 3 aliphatic rings. The number of hydrogen-bond acceptors (Lipinski definition) is 4. The summed E-state index contributed by atoms with van der Waals surface area (Å²) in [6, 6.07) is 0. The van der Waals surface area contributed by atoms with E-state index in [2.05, 4.69) is 32.6 Å². The molecule has 4 nitrogen and oxygen atoms in total. The van der Waals surface area contributed by atoms with Crippen molar-refractivity contribution in [3.8, 4) is 0 Å². The molecule has 3 aliphatic carbocycles. The molecule has 3 fully saturated rings. The largest absolute Gasteiger partial charge is 0.393 e. The zero-order chi connectivity index (χ0) is 29.0. The Morgan fingerprint density at radius 2 is 1.62 bits per heavy atom. The smallest absolute Gasteiger partial charge is 0.0811 e. The van der Waals surface area contributed by atoms with Crippen molar-refractivity contribution in [1.82, 2.24) is 0 Å². The molecule has 4 heteroatoms. The number of allylic oxidation sites excluding steroid dienone is 3. The SMILES string of the molecule is C=C1/C(=C\C=C2/CC[C@H](CCCCCC(C)(C)O)[C@]3(C)[C@@H]([C@H](C)CCCC(C)(C)O)CC[C@@H]23)C[C@@H](O)C[C@@H]1O. The number of hydrogen-bond donors (Lipinski definition) is 4. The lowest BCUT2D eigenvalue weighted by Crippen LogP contribution is -2.43. The van der Waals surface area contributed by atoms with Gasteiger partial charge in [0.05, 0.1) is 23.4 Å². The molecule has 0 aromatic rings. The lowest BCUT2D eigenvalue weighted by molar-refractivity contribution is 0.0170. The lowest BCUT2D eigenvalue weighted by atomic mass is 9.54. The molecule has 0 aromatic carbocycles. The van der Waals surface area contributed by atoms with Crippen LogP contribution in [0.5, 0.6) is 0 Å². The van der Waals surface area contributed by atoms with E-state index in [1.807, 2.05) is 27.7 Å². The standard InChI is InChI=1S/C35H60O4/c1-24(12-11-21-34(5,6)39)30-18-19-31-26(14-15-27-22-29(36)23-32(37)25(27)2)16-17-28(35(30,31)7)13-9-8-10-20-33(3,4)38/h14-15,24,28-32,36-39H,2,8-13,16-23H2,1,3-7H3/b26-14+,27-15-/t24-,28+,29-,30-,31+,32+,35-/m1/s1. The molecule has 7 atom stereocenters. The second kappa shape index (κ2) is 13.4. The number of rotatable bonds is 12. The highest BCUT2D eigenvalue weighted by Crippen LogP contribution is 2.63. The first-order valence-corrected chi connectivity index (χ1v) is 16.0. The Bertz CT molecular complexity index is 872. The van der Waals surface area contributed by atoms with Crippen molar-refractivity contribution in [2.75, 3.05) is 0 Å². The molecular formula is C35H60O4. The van der Waals surface area contributed by atoms with Crippen LogP contribution in [0.1, 0.15) is 131 Å². The van der Waals surface area contributed by atoms with Gasteiger partial charge in [0.1, 0.15) is 0 Å². The fourth-order valence-corrected chi connectivity index (χ4v) is 8.43. The summed E-state index contributed by atoms with van der Waals surface area (Å²) >= 11 is 0. The molecule has 3 rings (SSSR count). The van der Waals surface area contributed by atoms with E-state index in [0.717, 1.165) is 43.3 Å². The van der Waals surface area contributed by atoms with Gasteiger partial charge in [-0.3, -0.25) is 0 Å². The molecule has 0 saturated heterocycles. The summed E-state index contributed by atoms with van der Waals surface area (Å²) in [5.41, 5.74) is 2.43. The van der Waals surface area contributed by atoms with Crippen molar-refractivity contribution in [1.29, 1.82) is 0 Å². The molecular weight excluding hydrogens is 484 g/mol. The van der Waals surface area contributed by atoms with Crippen LogP contribution < -0.4 is 0 Å². The second-order valence-electron chi connectivity index (χ2n) is 15.0. The summed E-state index contributed by atoms with van der Waals surface area (Å²) in [6.45, 7) is 16.8. The average molecular weight is 545 g/mol. The third-order valence-corrected chi connectivity index (χ3v) is 10.7. The van der Waals surface area contributed by atoms with E-state index >= 15 is 0 Å². The van der Waals surface area contributed by atoms with E-state index in [0.29, 0.717) is 36.5 Å². The highest BCUT2D eigenvalue weighted by atomic mass is 16.3. The van der Waals surface area contributed by atoms with E-state index < -0.39 is 23.4 Å². The van der Waals surface area contributed by atoms with Crippen molar-refractivity contribution in [3.05, 3.63) is 35.5 Å². The van der Waals surface area contributed by atoms with Crippen molar-refractivity contribution in [2.45, 2.75) is 155 Å². The normalized spacial score (nSPS) is 35.0. The second-order valence-corrected chi connectivity index (χ2v) is 15.0. The molecule has 39 heavy (non-hydrogen) atoms. The van der Waals surface area contributed by atoms with Gasteiger partial charge in [-0.25, -0.2) is 0 Å². The molecule has 0 unspecified atom stereocenters. The molecule has 0 heterocycles. The summed E-state index contributed by atoms with van der Waals surface area (Å²) in [7, 11) is 0. The number of aliphatic hydroxyl groups is 4. The fourth-order valence-electron chi connectivity index (χ4n) is 8.43. The predicted octanol–water partition coefficient (Wildman–Crippen LogP) is 7.65. The van der Waals surface area contributed by atoms with Crippen molar-refractivity contribution >= 4 is 0 Å². The Hall–Kier alpha value is -0.940. The highest BCUT2D eigenvalue weighted by molar-refractivity contribution is 5.38. The zero-order valence-corrected chi connectivity index (χ0v) is 26.0. The third-order valence-electron chi connectivity index (χ3n) is 10.7. The van der Waals surface area contributed by atoms with Gasteiger partial charge in [0.2, 0.25) is 0 Å². The molecule has 0 radical (unpaired) electrons. The van der Waals surface area contributed by atoms with Crippen LogP contribution in [-0.4, -0.2) is 43.8 Å². The minimum absolute atomic E-state index is 0.273. The van der Waals surface area contributed by atoms with Gasteiger partial charge in [-0.2, -0.15) is 0 Å². The van der Waals surface area contributed by atoms with Crippen LogP contribution in [0.15, 0.2) is 35.5 Å². The Labute approximate surface area is 239 Å². The minimum atomic E-state index is -0.642. The first kappa shape index (κ1) is 32.6. The molecule has 4 N–H and O–H groups in total. The fraction of sp³-hybridized carbons (Fsp3) is 0.829. The van der Waals surface area contributed by atoms with Crippen LogP contribution in [-0.2, 0) is 0 Å². The topological polar surface area (TPSA) is 80.9 Å². The quantitative estimate of drug-likeness (QED) is 0.190. The monoisotopic (exact) mass is 544 g/mol. The zero-order valence-electron chi connectivity index (χ0n) is 26.0. The van der Waals surface area contributed by atoms with Crippen LogP contribution in [0.4, 0.5) is 0 Å². The summed E-state index contributed by atoms with van der Waals surface area (Å²) in [4.78, 5) is 0. The maximum Gasteiger partial charge on any atom is 0.0811 e. The summed E-state index contributed by atoms with van der Waals surface area (Å²) in [6.07, 6.45) is 18.0. The van der Waals surface area contributed by atoms with Crippen molar-refractivity contribution < 1.29 is 20.4 Å². The van der Waals surface area contributed by atoms with E-state index in [1.54, 1.807) is 5.57 Å². The van der Waals surface area contributed by atoms with Crippen LogP contribution in [0.25, 0.3) is 0 Å². The molecule has 0 amide bonds. The first-order chi connectivity index (χ1) is 18.1. The van der Waals surface area contributed by atoms with Crippen molar-refractivity contribution in [3.63, 3.8) is 0 Å². The number of fused-ring (bicyclic) bond motifs is 1. The summed E-state index contributed by atoms with van der Waals surface area (Å²) in [5.74, 6) is 2.63. The Morgan fingerprint density at radius 1 is 0.949 bits per heavy atom. The van der Waals surface area contributed by atoms with Crippen LogP contribution >= 0.6 is 0 Å². The first-order valence-electron chi connectivity index (χ1n) is 16.0. The van der Waals surface area contributed by atoms with Gasteiger partial charge in [0.25, 0.3) is 0 Å². The van der Waals surface area contributed by atoms with Gasteiger partial charge in [-0.05, 0) is 119 Å². The van der Waals surface area contributed by atoms with Gasteiger partial charge < -0.3 is 20.4 Å². The number of aliphatic hydroxyl groups excluding tert-OH is 2. The van der Waals surface area contributed by atoms with E-state index in [9.17, 15) is 20.4 Å². The minimum Gasteiger partial charge on any atom is -0.393 e. The van der Waals surface area contributed by atoms with Gasteiger partial charge in [-0.1, -0.05) is 70.3 Å². The molecule has 224 valence electrons. The molecule has 3 saturated carbocycles. The van der Waals surface area contributed by atoms with Gasteiger partial charge in [-0.15, -0.1) is 0 Å². The molecule has 0 aliphatic heterocycles. The van der Waals surface area contributed by atoms with E-state index in [4.69, 9.17) is 0 Å². The maximum absolute atomic E-state index is 10.3. The van der Waals surface area contributed by atoms with Gasteiger partial charge in [0.15, 0.2) is 0 Å². The molecule has 0 spiro atoms. The highest BCUT2D eigenvalue weighted by Gasteiger charge is 2.54. The predicted molar refractivity (Wildman–Crippen MR) is 162 cm³/mol.